The molecular formula is C14H17NS. The lowest BCUT2D eigenvalue weighted by Crippen LogP contribution is -2.01. The monoisotopic (exact) mass is 231 g/mol. The van der Waals surface area contributed by atoms with Crippen molar-refractivity contribution in [3.05, 3.63) is 40.8 Å². The van der Waals surface area contributed by atoms with Crippen LogP contribution in [0.5, 0.6) is 0 Å². The summed E-state index contributed by atoms with van der Waals surface area (Å²) in [5.41, 5.74) is 5.23. The molecule has 0 unspecified atom stereocenters. The van der Waals surface area contributed by atoms with Crippen LogP contribution < -0.4 is 0 Å². The Bertz CT molecular complexity index is 446. The Morgan fingerprint density at radius 1 is 1.50 bits per heavy atom. The van der Waals surface area contributed by atoms with Gasteiger partial charge in [0.15, 0.2) is 0 Å². The molecule has 0 amide bonds. The molecule has 0 spiro atoms. The lowest BCUT2D eigenvalue weighted by atomic mass is 10.1. The molecular weight excluding hydrogens is 214 g/mol. The zero-order valence-electron chi connectivity index (χ0n) is 9.92. The Labute approximate surface area is 102 Å². The number of hydrogen-bond donors (Lipinski definition) is 0. The first kappa shape index (κ1) is 11.5. The third kappa shape index (κ3) is 2.56. The lowest BCUT2D eigenvalue weighted by Gasteiger charge is -2.00. The fraction of sp³-hybridized carbons (Fsp3) is 0.357. The van der Waals surface area contributed by atoms with Gasteiger partial charge in [-0.1, -0.05) is 25.6 Å². The molecule has 84 valence electrons. The molecule has 16 heavy (non-hydrogen) atoms. The molecule has 1 heterocycles. The quantitative estimate of drug-likeness (QED) is 0.758. The molecule has 0 saturated heterocycles. The van der Waals surface area contributed by atoms with E-state index < -0.39 is 0 Å². The maximum Gasteiger partial charge on any atom is 0.0665 e. The van der Waals surface area contributed by atoms with E-state index >= 15 is 0 Å². The van der Waals surface area contributed by atoms with Crippen LogP contribution in [0.1, 0.15) is 25.0 Å². The second-order valence-corrected chi connectivity index (χ2v) is 5.44. The van der Waals surface area contributed by atoms with Crippen molar-refractivity contribution in [2.75, 3.05) is 5.75 Å². The number of aryl methyl sites for hydroxylation is 1. The fourth-order valence-electron chi connectivity index (χ4n) is 1.83. The second kappa shape index (κ2) is 4.88. The Kier molecular flexibility index (Phi) is 3.49. The Morgan fingerprint density at radius 3 is 3.00 bits per heavy atom. The molecule has 1 aliphatic rings. The molecule has 1 aromatic rings. The van der Waals surface area contributed by atoms with E-state index in [-0.39, 0.29) is 0 Å². The number of thioether (sulfide) groups is 1. The molecule has 2 rings (SSSR count). The normalized spacial score (nSPS) is 13.5. The SMILES string of the molecule is C=C(C)SCC1=Nc2ccc(CC)cc2C1. The van der Waals surface area contributed by atoms with Crippen molar-refractivity contribution in [1.82, 2.24) is 0 Å². The summed E-state index contributed by atoms with van der Waals surface area (Å²) < 4.78 is 0. The van der Waals surface area contributed by atoms with Gasteiger partial charge in [-0.3, -0.25) is 4.99 Å². The largest absolute Gasteiger partial charge is 0.256 e. The van der Waals surface area contributed by atoms with E-state index in [2.05, 4.69) is 36.7 Å². The number of nitrogens with zero attached hydrogens (tertiary/aromatic N) is 1. The van der Waals surface area contributed by atoms with Gasteiger partial charge in [0.1, 0.15) is 0 Å². The van der Waals surface area contributed by atoms with E-state index in [1.165, 1.54) is 16.8 Å². The van der Waals surface area contributed by atoms with Crippen molar-refractivity contribution < 1.29 is 0 Å². The highest BCUT2D eigenvalue weighted by atomic mass is 32.2. The average Bonchev–Trinajstić information content (AvgIpc) is 2.67. The molecule has 1 aliphatic heterocycles. The molecule has 1 aromatic carbocycles. The van der Waals surface area contributed by atoms with Crippen LogP contribution in [0.15, 0.2) is 34.7 Å². The number of hydrogen-bond acceptors (Lipinski definition) is 2. The third-order valence-electron chi connectivity index (χ3n) is 2.71. The number of benzene rings is 1. The average molecular weight is 231 g/mol. The van der Waals surface area contributed by atoms with Crippen LogP contribution in [0, 0.1) is 0 Å². The van der Waals surface area contributed by atoms with Gasteiger partial charge < -0.3 is 0 Å². The van der Waals surface area contributed by atoms with Crippen LogP contribution in [0.25, 0.3) is 0 Å². The van der Waals surface area contributed by atoms with Crippen molar-refractivity contribution in [2.24, 2.45) is 4.99 Å². The lowest BCUT2D eigenvalue weighted by molar-refractivity contribution is 1.13. The number of fused-ring (bicyclic) bond motifs is 1. The minimum Gasteiger partial charge on any atom is -0.256 e. The number of allylic oxidation sites excluding steroid dienone is 1. The van der Waals surface area contributed by atoms with Gasteiger partial charge in [0, 0.05) is 17.9 Å². The van der Waals surface area contributed by atoms with E-state index in [0.717, 1.165) is 29.2 Å². The molecule has 0 N–H and O–H groups in total. The van der Waals surface area contributed by atoms with E-state index in [4.69, 9.17) is 0 Å². The molecule has 0 aliphatic carbocycles. The molecule has 0 aromatic heterocycles. The highest BCUT2D eigenvalue weighted by molar-refractivity contribution is 8.03. The fourth-order valence-corrected chi connectivity index (χ4v) is 2.41. The number of aliphatic imine (C=N–C) groups is 1. The highest BCUT2D eigenvalue weighted by Gasteiger charge is 2.14. The van der Waals surface area contributed by atoms with E-state index in [0.29, 0.717) is 0 Å². The number of rotatable bonds is 4. The topological polar surface area (TPSA) is 12.4 Å². The summed E-state index contributed by atoms with van der Waals surface area (Å²) in [6, 6.07) is 6.61. The van der Waals surface area contributed by atoms with Crippen LogP contribution in [0.3, 0.4) is 0 Å². The predicted octanol–water partition coefficient (Wildman–Crippen LogP) is 4.14. The maximum absolute atomic E-state index is 4.65. The smallest absolute Gasteiger partial charge is 0.0665 e. The van der Waals surface area contributed by atoms with Crippen molar-refractivity contribution >= 4 is 23.2 Å². The molecule has 0 fully saturated rings. The van der Waals surface area contributed by atoms with Gasteiger partial charge in [0.2, 0.25) is 0 Å². The molecule has 1 nitrogen and oxygen atoms in total. The summed E-state index contributed by atoms with van der Waals surface area (Å²) in [6.07, 6.45) is 2.12. The summed E-state index contributed by atoms with van der Waals surface area (Å²) in [5.74, 6) is 0.978. The van der Waals surface area contributed by atoms with Gasteiger partial charge in [-0.2, -0.15) is 0 Å². The molecule has 0 atom stereocenters. The Morgan fingerprint density at radius 2 is 2.31 bits per heavy atom. The van der Waals surface area contributed by atoms with Crippen molar-refractivity contribution in [3.63, 3.8) is 0 Å². The summed E-state index contributed by atoms with van der Waals surface area (Å²) in [7, 11) is 0. The molecule has 0 bridgehead atoms. The van der Waals surface area contributed by atoms with Gasteiger partial charge >= 0.3 is 0 Å². The van der Waals surface area contributed by atoms with E-state index in [1.54, 1.807) is 11.8 Å². The van der Waals surface area contributed by atoms with Crippen molar-refractivity contribution in [2.45, 2.75) is 26.7 Å². The first-order valence-electron chi connectivity index (χ1n) is 5.65. The van der Waals surface area contributed by atoms with Gasteiger partial charge in [-0.25, -0.2) is 0 Å². The van der Waals surface area contributed by atoms with Crippen LogP contribution in [0.4, 0.5) is 5.69 Å². The zero-order chi connectivity index (χ0) is 11.5. The second-order valence-electron chi connectivity index (χ2n) is 4.16. The Balaban J connectivity index is 2.08. The summed E-state index contributed by atoms with van der Waals surface area (Å²) in [5, 5.41) is 0. The molecule has 0 radical (unpaired) electrons. The highest BCUT2D eigenvalue weighted by Crippen LogP contribution is 2.29. The molecule has 2 heteroatoms. The maximum atomic E-state index is 4.65. The van der Waals surface area contributed by atoms with Crippen molar-refractivity contribution in [1.29, 1.82) is 0 Å². The van der Waals surface area contributed by atoms with Crippen molar-refractivity contribution in [3.8, 4) is 0 Å². The molecule has 0 saturated carbocycles. The van der Waals surface area contributed by atoms with Crippen LogP contribution in [-0.4, -0.2) is 11.5 Å². The standard InChI is InChI=1S/C14H17NS/c1-4-11-5-6-14-12(7-11)8-13(15-14)9-16-10(2)3/h5-7H,2,4,8-9H2,1,3H3. The zero-order valence-corrected chi connectivity index (χ0v) is 10.7. The predicted molar refractivity (Wildman–Crippen MR) is 73.9 cm³/mol. The van der Waals surface area contributed by atoms with E-state index in [9.17, 15) is 0 Å². The van der Waals surface area contributed by atoms with E-state index in [1.807, 2.05) is 6.92 Å². The minimum absolute atomic E-state index is 0.978. The minimum atomic E-state index is 0.978. The van der Waals surface area contributed by atoms with Crippen LogP contribution >= 0.6 is 11.8 Å². The first-order valence-corrected chi connectivity index (χ1v) is 6.64. The van der Waals surface area contributed by atoms with Crippen LogP contribution in [-0.2, 0) is 12.8 Å². The van der Waals surface area contributed by atoms with Gasteiger partial charge in [-0.05, 0) is 35.4 Å². The summed E-state index contributed by atoms with van der Waals surface area (Å²) in [4.78, 5) is 5.81. The van der Waals surface area contributed by atoms with Crippen LogP contribution in [0.2, 0.25) is 0 Å². The van der Waals surface area contributed by atoms with Gasteiger partial charge in [0.25, 0.3) is 0 Å². The Hall–Kier alpha value is -1.02. The summed E-state index contributed by atoms with van der Waals surface area (Å²) in [6.45, 7) is 8.13. The van der Waals surface area contributed by atoms with Gasteiger partial charge in [0.05, 0.1) is 5.69 Å². The first-order chi connectivity index (χ1) is 7.69. The summed E-state index contributed by atoms with van der Waals surface area (Å²) >= 11 is 1.78. The van der Waals surface area contributed by atoms with Gasteiger partial charge in [-0.15, -0.1) is 11.8 Å². The third-order valence-corrected chi connectivity index (χ3v) is 3.68.